The summed E-state index contributed by atoms with van der Waals surface area (Å²) < 4.78 is 0. The minimum absolute atomic E-state index is 0.671. The van der Waals surface area contributed by atoms with E-state index in [1.54, 1.807) is 0 Å². The van der Waals surface area contributed by atoms with Crippen molar-refractivity contribution < 1.29 is 0 Å². The van der Waals surface area contributed by atoms with Crippen LogP contribution in [0.15, 0.2) is 0 Å². The fourth-order valence-corrected chi connectivity index (χ4v) is 6.21. The van der Waals surface area contributed by atoms with E-state index in [0.717, 1.165) is 12.1 Å². The molecular weight excluding hydrogens is 292 g/mol. The predicted octanol–water partition coefficient (Wildman–Crippen LogP) is 5.17. The molecule has 0 atom stereocenters. The minimum atomic E-state index is 0.671. The van der Waals surface area contributed by atoms with E-state index in [9.17, 15) is 0 Å². The van der Waals surface area contributed by atoms with Crippen molar-refractivity contribution in [3.8, 4) is 0 Å². The number of hydrogen-bond acceptors (Lipinski definition) is 2. The van der Waals surface area contributed by atoms with Crippen LogP contribution in [-0.2, 0) is 0 Å². The molecule has 2 nitrogen and oxygen atoms in total. The number of nitrogens with one attached hydrogen (secondary N) is 2. The van der Waals surface area contributed by atoms with Gasteiger partial charge in [0.15, 0.2) is 0 Å². The van der Waals surface area contributed by atoms with Crippen molar-refractivity contribution in [2.24, 2.45) is 10.8 Å². The Hall–Kier alpha value is -0.0800. The summed E-state index contributed by atoms with van der Waals surface area (Å²) in [5.74, 6) is 0. The Bertz CT molecular complexity index is 330. The van der Waals surface area contributed by atoms with Gasteiger partial charge in [-0.1, -0.05) is 38.5 Å². The molecule has 5 fully saturated rings. The van der Waals surface area contributed by atoms with Gasteiger partial charge in [-0.3, -0.25) is 0 Å². The molecule has 0 saturated heterocycles. The molecule has 0 aromatic carbocycles. The van der Waals surface area contributed by atoms with Gasteiger partial charge in [0.2, 0.25) is 0 Å². The lowest BCUT2D eigenvalue weighted by Gasteiger charge is -2.54. The summed E-state index contributed by atoms with van der Waals surface area (Å²) in [6.07, 6.45) is 23.5. The zero-order valence-electron chi connectivity index (χ0n) is 15.9. The highest BCUT2D eigenvalue weighted by Gasteiger charge is 2.48. The molecule has 0 aromatic rings. The Morgan fingerprint density at radius 1 is 0.500 bits per heavy atom. The summed E-state index contributed by atoms with van der Waals surface area (Å²) in [5, 5.41) is 7.98. The second kappa shape index (κ2) is 7.66. The fourth-order valence-electron chi connectivity index (χ4n) is 6.21. The van der Waals surface area contributed by atoms with E-state index in [2.05, 4.69) is 10.6 Å². The number of fused-ring (bicyclic) bond motifs is 3. The molecule has 2 bridgehead atoms. The van der Waals surface area contributed by atoms with Gasteiger partial charge in [-0.25, -0.2) is 0 Å². The van der Waals surface area contributed by atoms with Crippen LogP contribution in [0.25, 0.3) is 0 Å². The second-order valence-electron chi connectivity index (χ2n) is 9.93. The van der Waals surface area contributed by atoms with Gasteiger partial charge in [0.25, 0.3) is 0 Å². The molecule has 138 valence electrons. The van der Waals surface area contributed by atoms with Gasteiger partial charge in [-0.15, -0.1) is 0 Å². The molecule has 2 heteroatoms. The molecule has 5 saturated carbocycles. The van der Waals surface area contributed by atoms with Crippen molar-refractivity contribution in [3.05, 3.63) is 0 Å². The number of hydrogen-bond donors (Lipinski definition) is 2. The minimum Gasteiger partial charge on any atom is -0.313 e. The van der Waals surface area contributed by atoms with Crippen LogP contribution in [0.4, 0.5) is 0 Å². The molecule has 0 aliphatic heterocycles. The highest BCUT2D eigenvalue weighted by atomic mass is 14.9. The summed E-state index contributed by atoms with van der Waals surface area (Å²) in [6.45, 7) is 2.65. The molecule has 0 amide bonds. The van der Waals surface area contributed by atoms with Gasteiger partial charge in [-0.05, 0) is 75.0 Å². The highest BCUT2D eigenvalue weighted by molar-refractivity contribution is 5.01. The van der Waals surface area contributed by atoms with E-state index in [4.69, 9.17) is 0 Å². The molecule has 0 unspecified atom stereocenters. The first kappa shape index (κ1) is 17.3. The lowest BCUT2D eigenvalue weighted by Crippen LogP contribution is -2.52. The van der Waals surface area contributed by atoms with Crippen LogP contribution < -0.4 is 10.6 Å². The van der Waals surface area contributed by atoms with Crippen LogP contribution in [0.5, 0.6) is 0 Å². The van der Waals surface area contributed by atoms with E-state index in [-0.39, 0.29) is 0 Å². The quantitative estimate of drug-likeness (QED) is 0.701. The van der Waals surface area contributed by atoms with E-state index >= 15 is 0 Å². The molecule has 0 heterocycles. The maximum atomic E-state index is 3.99. The molecule has 5 aliphatic rings. The third kappa shape index (κ3) is 4.01. The lowest BCUT2D eigenvalue weighted by molar-refractivity contribution is -0.0114. The molecule has 0 aromatic heterocycles. The van der Waals surface area contributed by atoms with Gasteiger partial charge in [0.05, 0.1) is 0 Å². The Labute approximate surface area is 149 Å². The highest BCUT2D eigenvalue weighted by Crippen LogP contribution is 2.56. The fraction of sp³-hybridized carbons (Fsp3) is 1.00. The van der Waals surface area contributed by atoms with E-state index in [1.165, 1.54) is 116 Å². The summed E-state index contributed by atoms with van der Waals surface area (Å²) in [7, 11) is 0. The summed E-state index contributed by atoms with van der Waals surface area (Å²) in [6, 6.07) is 1.68. The predicted molar refractivity (Wildman–Crippen MR) is 102 cm³/mol. The van der Waals surface area contributed by atoms with Gasteiger partial charge >= 0.3 is 0 Å². The normalized spacial score (nSPS) is 38.5. The Morgan fingerprint density at radius 2 is 0.833 bits per heavy atom. The standard InChI is InChI=1S/C22H40N2/c1-3-7-19(8-4-1)23-17-21-11-14-22(15-12-21,16-13-21)18-24-20-9-5-2-6-10-20/h19-20,23-24H,1-18H2. The third-order valence-electron chi connectivity index (χ3n) is 8.30. The summed E-state index contributed by atoms with van der Waals surface area (Å²) >= 11 is 0. The molecule has 0 radical (unpaired) electrons. The summed E-state index contributed by atoms with van der Waals surface area (Å²) in [5.41, 5.74) is 1.34. The third-order valence-corrected chi connectivity index (χ3v) is 8.30. The average molecular weight is 333 g/mol. The van der Waals surface area contributed by atoms with Crippen LogP contribution in [-0.4, -0.2) is 25.2 Å². The largest absolute Gasteiger partial charge is 0.313 e. The van der Waals surface area contributed by atoms with E-state index in [0.29, 0.717) is 10.8 Å². The topological polar surface area (TPSA) is 24.1 Å². The molecule has 5 aliphatic carbocycles. The molecule has 2 N–H and O–H groups in total. The first-order chi connectivity index (χ1) is 11.8. The van der Waals surface area contributed by atoms with Crippen molar-refractivity contribution in [1.82, 2.24) is 10.6 Å². The second-order valence-corrected chi connectivity index (χ2v) is 9.93. The average Bonchev–Trinajstić information content (AvgIpc) is 2.68. The molecular formula is C22H40N2. The molecule has 24 heavy (non-hydrogen) atoms. The Balaban J connectivity index is 1.22. The van der Waals surface area contributed by atoms with Crippen molar-refractivity contribution in [2.45, 2.75) is 115 Å². The SMILES string of the molecule is C1CCC(NCC23CCC(CNC4CCCCC4)(CC2)CC3)CC1. The van der Waals surface area contributed by atoms with Crippen molar-refractivity contribution in [1.29, 1.82) is 0 Å². The van der Waals surface area contributed by atoms with Crippen LogP contribution in [0.2, 0.25) is 0 Å². The van der Waals surface area contributed by atoms with Gasteiger partial charge in [-0.2, -0.15) is 0 Å². The molecule has 0 spiro atoms. The van der Waals surface area contributed by atoms with E-state index < -0.39 is 0 Å². The van der Waals surface area contributed by atoms with Gasteiger partial charge in [0, 0.05) is 25.2 Å². The summed E-state index contributed by atoms with van der Waals surface area (Å²) in [4.78, 5) is 0. The zero-order chi connectivity index (χ0) is 16.3. The van der Waals surface area contributed by atoms with Crippen LogP contribution in [0, 0.1) is 10.8 Å². The Kier molecular flexibility index (Phi) is 5.53. The lowest BCUT2D eigenvalue weighted by atomic mass is 9.53. The maximum Gasteiger partial charge on any atom is 0.00672 e. The van der Waals surface area contributed by atoms with Gasteiger partial charge in [0.1, 0.15) is 0 Å². The Morgan fingerprint density at radius 3 is 1.17 bits per heavy atom. The molecule has 5 rings (SSSR count). The number of rotatable bonds is 6. The van der Waals surface area contributed by atoms with Crippen molar-refractivity contribution in [2.75, 3.05) is 13.1 Å². The van der Waals surface area contributed by atoms with Crippen molar-refractivity contribution in [3.63, 3.8) is 0 Å². The monoisotopic (exact) mass is 332 g/mol. The first-order valence-electron chi connectivity index (χ1n) is 11.2. The van der Waals surface area contributed by atoms with Crippen LogP contribution in [0.3, 0.4) is 0 Å². The van der Waals surface area contributed by atoms with Crippen LogP contribution >= 0.6 is 0 Å². The maximum absolute atomic E-state index is 3.99. The smallest absolute Gasteiger partial charge is 0.00672 e. The first-order valence-corrected chi connectivity index (χ1v) is 11.2. The zero-order valence-corrected chi connectivity index (χ0v) is 15.9. The van der Waals surface area contributed by atoms with Crippen LogP contribution in [0.1, 0.15) is 103 Å². The van der Waals surface area contributed by atoms with Crippen molar-refractivity contribution >= 4 is 0 Å². The van der Waals surface area contributed by atoms with E-state index in [1.807, 2.05) is 0 Å². The van der Waals surface area contributed by atoms with Gasteiger partial charge < -0.3 is 10.6 Å².